The minimum Gasteiger partial charge on any atom is -0.392 e. The number of hydrogen-bond donors (Lipinski definition) is 2. The summed E-state index contributed by atoms with van der Waals surface area (Å²) in [5.41, 5.74) is 0. The number of aliphatic hydroxyl groups excluding tert-OH is 1. The highest BCUT2D eigenvalue weighted by molar-refractivity contribution is 4.85. The van der Waals surface area contributed by atoms with Crippen LogP contribution in [0.15, 0.2) is 0 Å². The minimum absolute atomic E-state index is 0.111. The Labute approximate surface area is 86.5 Å². The van der Waals surface area contributed by atoms with Crippen molar-refractivity contribution < 1.29 is 5.11 Å². The average Bonchev–Trinajstić information content (AvgIpc) is 2.89. The van der Waals surface area contributed by atoms with E-state index in [0.29, 0.717) is 6.04 Å². The number of aliphatic hydroxyl groups is 1. The van der Waals surface area contributed by atoms with E-state index in [2.05, 4.69) is 17.1 Å². The van der Waals surface area contributed by atoms with Gasteiger partial charge in [-0.2, -0.15) is 0 Å². The first-order valence-corrected chi connectivity index (χ1v) is 5.91. The van der Waals surface area contributed by atoms with Crippen LogP contribution < -0.4 is 5.32 Å². The van der Waals surface area contributed by atoms with Crippen LogP contribution in [0.3, 0.4) is 0 Å². The van der Waals surface area contributed by atoms with E-state index in [0.717, 1.165) is 32.0 Å². The number of hydrogen-bond acceptors (Lipinski definition) is 3. The quantitative estimate of drug-likeness (QED) is 0.673. The maximum Gasteiger partial charge on any atom is 0.0680 e. The van der Waals surface area contributed by atoms with E-state index in [9.17, 15) is 5.11 Å². The first-order chi connectivity index (χ1) is 6.78. The Hall–Kier alpha value is -0.120. The Kier molecular flexibility index (Phi) is 3.42. The summed E-state index contributed by atoms with van der Waals surface area (Å²) >= 11 is 0. The van der Waals surface area contributed by atoms with E-state index in [1.807, 2.05) is 0 Å². The molecule has 1 saturated carbocycles. The van der Waals surface area contributed by atoms with Crippen molar-refractivity contribution in [2.45, 2.75) is 38.3 Å². The molecule has 2 fully saturated rings. The molecule has 82 valence electrons. The third-order valence-corrected chi connectivity index (χ3v) is 3.34. The molecule has 0 aromatic carbocycles. The second kappa shape index (κ2) is 4.60. The summed E-state index contributed by atoms with van der Waals surface area (Å²) < 4.78 is 0. The van der Waals surface area contributed by atoms with E-state index < -0.39 is 0 Å². The molecule has 0 aromatic heterocycles. The molecule has 1 aliphatic carbocycles. The van der Waals surface area contributed by atoms with Crippen LogP contribution >= 0.6 is 0 Å². The van der Waals surface area contributed by atoms with Gasteiger partial charge in [-0.1, -0.05) is 6.92 Å². The van der Waals surface area contributed by atoms with Gasteiger partial charge >= 0.3 is 0 Å². The topological polar surface area (TPSA) is 35.5 Å². The third-order valence-electron chi connectivity index (χ3n) is 3.34. The molecule has 2 rings (SSSR count). The molecular weight excluding hydrogens is 176 g/mol. The van der Waals surface area contributed by atoms with Gasteiger partial charge in [-0.05, 0) is 31.7 Å². The predicted molar refractivity (Wildman–Crippen MR) is 57.3 cm³/mol. The van der Waals surface area contributed by atoms with Gasteiger partial charge in [0, 0.05) is 25.7 Å². The fourth-order valence-corrected chi connectivity index (χ4v) is 2.25. The third kappa shape index (κ3) is 2.94. The van der Waals surface area contributed by atoms with Crippen molar-refractivity contribution in [3.8, 4) is 0 Å². The number of β-amino-alcohol motifs (C(OH)–C–C–N with tert-alkyl or cyclic N) is 1. The molecule has 1 heterocycles. The summed E-state index contributed by atoms with van der Waals surface area (Å²) in [5.74, 6) is 0.973. The van der Waals surface area contributed by atoms with E-state index in [-0.39, 0.29) is 6.10 Å². The molecule has 2 atom stereocenters. The van der Waals surface area contributed by atoms with E-state index in [1.54, 1.807) is 0 Å². The molecule has 0 amide bonds. The largest absolute Gasteiger partial charge is 0.392 e. The molecule has 3 heteroatoms. The first kappa shape index (κ1) is 10.4. The van der Waals surface area contributed by atoms with Gasteiger partial charge in [-0.15, -0.1) is 0 Å². The van der Waals surface area contributed by atoms with Crippen molar-refractivity contribution in [3.05, 3.63) is 0 Å². The van der Waals surface area contributed by atoms with Gasteiger partial charge in [-0.25, -0.2) is 0 Å². The highest BCUT2D eigenvalue weighted by Crippen LogP contribution is 2.29. The molecule has 0 spiro atoms. The Bertz CT molecular complexity index is 182. The van der Waals surface area contributed by atoms with Gasteiger partial charge in [-0.3, -0.25) is 0 Å². The molecule has 1 aliphatic heterocycles. The van der Waals surface area contributed by atoms with E-state index >= 15 is 0 Å². The van der Waals surface area contributed by atoms with E-state index in [4.69, 9.17) is 0 Å². The van der Waals surface area contributed by atoms with Crippen LogP contribution in [-0.2, 0) is 0 Å². The molecule has 1 saturated heterocycles. The lowest BCUT2D eigenvalue weighted by Crippen LogP contribution is -2.38. The lowest BCUT2D eigenvalue weighted by atomic mass is 10.2. The molecule has 0 bridgehead atoms. The van der Waals surface area contributed by atoms with Crippen LogP contribution in [0, 0.1) is 5.92 Å². The Morgan fingerprint density at radius 1 is 1.36 bits per heavy atom. The van der Waals surface area contributed by atoms with Gasteiger partial charge in [0.25, 0.3) is 0 Å². The molecule has 0 radical (unpaired) electrons. The zero-order chi connectivity index (χ0) is 9.97. The van der Waals surface area contributed by atoms with Crippen molar-refractivity contribution in [1.82, 2.24) is 10.2 Å². The van der Waals surface area contributed by atoms with Crippen molar-refractivity contribution in [1.29, 1.82) is 0 Å². The second-order valence-electron chi connectivity index (χ2n) is 4.79. The molecule has 2 N–H and O–H groups in total. The number of likely N-dealkylation sites (N-methyl/N-ethyl adjacent to an activating group) is 1. The van der Waals surface area contributed by atoms with Gasteiger partial charge < -0.3 is 15.3 Å². The maximum absolute atomic E-state index is 9.40. The Balaban J connectivity index is 1.70. The number of nitrogens with one attached hydrogen (secondary N) is 1. The lowest BCUT2D eigenvalue weighted by molar-refractivity contribution is 0.187. The van der Waals surface area contributed by atoms with Gasteiger partial charge in [0.15, 0.2) is 0 Å². The first-order valence-electron chi connectivity index (χ1n) is 5.91. The van der Waals surface area contributed by atoms with Crippen molar-refractivity contribution in [2.24, 2.45) is 5.92 Å². The molecule has 14 heavy (non-hydrogen) atoms. The molecule has 0 aromatic rings. The summed E-state index contributed by atoms with van der Waals surface area (Å²) in [6.45, 7) is 6.54. The monoisotopic (exact) mass is 198 g/mol. The standard InChI is InChI=1S/C11H22N2O/c1-2-13(7-9-3-4-9)8-10-5-11(14)6-12-10/h9-12,14H,2-8H2,1H3. The fraction of sp³-hybridized carbons (Fsp3) is 1.00. The zero-order valence-electron chi connectivity index (χ0n) is 9.08. The summed E-state index contributed by atoms with van der Waals surface area (Å²) in [4.78, 5) is 2.52. The van der Waals surface area contributed by atoms with Gasteiger partial charge in [0.2, 0.25) is 0 Å². The summed E-state index contributed by atoms with van der Waals surface area (Å²) in [6.07, 6.45) is 3.68. The fourth-order valence-electron chi connectivity index (χ4n) is 2.25. The van der Waals surface area contributed by atoms with Crippen LogP contribution in [0.4, 0.5) is 0 Å². The van der Waals surface area contributed by atoms with Crippen LogP contribution in [0.2, 0.25) is 0 Å². The smallest absolute Gasteiger partial charge is 0.0680 e. The zero-order valence-corrected chi connectivity index (χ0v) is 9.08. The van der Waals surface area contributed by atoms with Crippen molar-refractivity contribution in [2.75, 3.05) is 26.2 Å². The SMILES string of the molecule is CCN(CC1CC1)CC1CC(O)CN1. The van der Waals surface area contributed by atoms with Crippen LogP contribution in [0.25, 0.3) is 0 Å². The number of nitrogens with zero attached hydrogens (tertiary/aromatic N) is 1. The molecule has 2 aliphatic rings. The second-order valence-corrected chi connectivity index (χ2v) is 4.79. The Morgan fingerprint density at radius 3 is 2.64 bits per heavy atom. The molecular formula is C11H22N2O. The normalized spacial score (nSPS) is 32.8. The van der Waals surface area contributed by atoms with E-state index in [1.165, 1.54) is 19.4 Å². The molecule has 3 nitrogen and oxygen atoms in total. The van der Waals surface area contributed by atoms with Crippen LogP contribution in [-0.4, -0.2) is 48.3 Å². The number of rotatable bonds is 5. The highest BCUT2D eigenvalue weighted by atomic mass is 16.3. The summed E-state index contributed by atoms with van der Waals surface area (Å²) in [6, 6.07) is 0.517. The van der Waals surface area contributed by atoms with Crippen molar-refractivity contribution >= 4 is 0 Å². The maximum atomic E-state index is 9.40. The summed E-state index contributed by atoms with van der Waals surface area (Å²) in [5, 5.41) is 12.8. The van der Waals surface area contributed by atoms with Crippen molar-refractivity contribution in [3.63, 3.8) is 0 Å². The van der Waals surface area contributed by atoms with Gasteiger partial charge in [0.05, 0.1) is 6.10 Å². The average molecular weight is 198 g/mol. The van der Waals surface area contributed by atoms with Crippen LogP contribution in [0.1, 0.15) is 26.2 Å². The molecule has 2 unspecified atom stereocenters. The Morgan fingerprint density at radius 2 is 2.14 bits per heavy atom. The highest BCUT2D eigenvalue weighted by Gasteiger charge is 2.27. The van der Waals surface area contributed by atoms with Crippen LogP contribution in [0.5, 0.6) is 0 Å². The van der Waals surface area contributed by atoms with Gasteiger partial charge in [0.1, 0.15) is 0 Å². The minimum atomic E-state index is -0.111. The summed E-state index contributed by atoms with van der Waals surface area (Å²) in [7, 11) is 0. The predicted octanol–water partition coefficient (Wildman–Crippen LogP) is 0.441. The lowest BCUT2D eigenvalue weighted by Gasteiger charge is -2.23.